The van der Waals surface area contributed by atoms with Crippen molar-refractivity contribution < 1.29 is 14.3 Å². The largest absolute Gasteiger partial charge is 0.463 e. The van der Waals surface area contributed by atoms with Gasteiger partial charge in [0.25, 0.3) is 0 Å². The fraction of sp³-hybridized carbons (Fsp3) is 0.222. The van der Waals surface area contributed by atoms with Crippen LogP contribution in [0.4, 0.5) is 4.79 Å². The number of aromatic amines is 1. The SMILES string of the molecule is CCOC(=O)C1=C(C(C)C)NC(=O)NC1c1cc2c([nH]c3ccccc32)c(-c2ccccc2)n1. The summed E-state index contributed by atoms with van der Waals surface area (Å²) in [5.41, 5.74) is 5.09. The number of benzene rings is 2. The number of aromatic nitrogens is 2. The molecule has 2 aromatic heterocycles. The van der Waals surface area contributed by atoms with Crippen molar-refractivity contribution in [1.29, 1.82) is 0 Å². The fourth-order valence-corrected chi connectivity index (χ4v) is 4.52. The number of pyridine rings is 1. The van der Waals surface area contributed by atoms with Crippen LogP contribution in [0.1, 0.15) is 32.5 Å². The molecular formula is C27H26N4O3. The third kappa shape index (κ3) is 3.69. The minimum atomic E-state index is -0.745. The molecule has 0 bridgehead atoms. The van der Waals surface area contributed by atoms with Crippen molar-refractivity contribution in [3.05, 3.63) is 77.6 Å². The van der Waals surface area contributed by atoms with Gasteiger partial charge in [-0.3, -0.25) is 0 Å². The third-order valence-electron chi connectivity index (χ3n) is 6.03. The monoisotopic (exact) mass is 454 g/mol. The number of amides is 2. The molecule has 1 unspecified atom stereocenters. The van der Waals surface area contributed by atoms with E-state index in [9.17, 15) is 9.59 Å². The Morgan fingerprint density at radius 2 is 1.79 bits per heavy atom. The zero-order valence-corrected chi connectivity index (χ0v) is 19.3. The lowest BCUT2D eigenvalue weighted by atomic mass is 9.93. The first kappa shape index (κ1) is 21.7. The molecule has 1 aliphatic heterocycles. The predicted octanol–water partition coefficient (Wildman–Crippen LogP) is 5.21. The zero-order chi connectivity index (χ0) is 23.8. The van der Waals surface area contributed by atoms with Crippen LogP contribution < -0.4 is 10.6 Å². The van der Waals surface area contributed by atoms with Crippen molar-refractivity contribution in [2.45, 2.75) is 26.8 Å². The molecule has 0 aliphatic carbocycles. The molecule has 1 aliphatic rings. The quantitative estimate of drug-likeness (QED) is 0.361. The Labute approximate surface area is 197 Å². The minimum absolute atomic E-state index is 0.0848. The number of hydrogen-bond donors (Lipinski definition) is 3. The van der Waals surface area contributed by atoms with Gasteiger partial charge in [0, 0.05) is 27.5 Å². The second kappa shape index (κ2) is 8.67. The molecule has 1 atom stereocenters. The van der Waals surface area contributed by atoms with Crippen LogP contribution in [0, 0.1) is 5.92 Å². The molecule has 0 saturated carbocycles. The van der Waals surface area contributed by atoms with Gasteiger partial charge >= 0.3 is 12.0 Å². The molecule has 3 N–H and O–H groups in total. The summed E-state index contributed by atoms with van der Waals surface area (Å²) in [5, 5.41) is 7.74. The van der Waals surface area contributed by atoms with E-state index in [2.05, 4.69) is 21.7 Å². The molecule has 0 saturated heterocycles. The number of urea groups is 1. The molecule has 7 heteroatoms. The maximum Gasteiger partial charge on any atom is 0.338 e. The van der Waals surface area contributed by atoms with Crippen LogP contribution in [0.15, 0.2) is 71.9 Å². The number of para-hydroxylation sites is 1. The van der Waals surface area contributed by atoms with Gasteiger partial charge in [-0.1, -0.05) is 62.4 Å². The summed E-state index contributed by atoms with van der Waals surface area (Å²) in [5.74, 6) is -0.552. The molecular weight excluding hydrogens is 428 g/mol. The maximum absolute atomic E-state index is 13.1. The standard InChI is InChI=1S/C27H26N4O3/c1-4-34-26(32)21-22(15(2)3)30-27(33)31-25(21)20-14-18-17-12-8-9-13-19(17)28-24(18)23(29-20)16-10-6-5-7-11-16/h5-15,25,28H,4H2,1-3H3,(H2,30,31,33). The Bertz CT molecular complexity index is 1440. The van der Waals surface area contributed by atoms with E-state index in [1.165, 1.54) is 0 Å². The summed E-state index contributed by atoms with van der Waals surface area (Å²) >= 11 is 0. The van der Waals surface area contributed by atoms with Gasteiger partial charge in [0.2, 0.25) is 0 Å². The number of nitrogens with zero attached hydrogens (tertiary/aromatic N) is 1. The van der Waals surface area contributed by atoms with Crippen molar-refractivity contribution in [2.24, 2.45) is 5.92 Å². The van der Waals surface area contributed by atoms with Crippen molar-refractivity contribution in [2.75, 3.05) is 6.61 Å². The number of H-pyrrole nitrogens is 1. The van der Waals surface area contributed by atoms with Crippen molar-refractivity contribution in [3.63, 3.8) is 0 Å². The number of fused-ring (bicyclic) bond motifs is 3. The fourth-order valence-electron chi connectivity index (χ4n) is 4.52. The maximum atomic E-state index is 13.1. The van der Waals surface area contributed by atoms with E-state index in [0.717, 1.165) is 33.1 Å². The van der Waals surface area contributed by atoms with Crippen molar-refractivity contribution >= 4 is 33.8 Å². The first-order valence-electron chi connectivity index (χ1n) is 11.4. The van der Waals surface area contributed by atoms with E-state index in [1.54, 1.807) is 6.92 Å². The number of carbonyl (C=O) groups excluding carboxylic acids is 2. The van der Waals surface area contributed by atoms with Gasteiger partial charge < -0.3 is 20.4 Å². The number of carbonyl (C=O) groups is 2. The van der Waals surface area contributed by atoms with E-state index in [0.29, 0.717) is 17.0 Å². The molecule has 0 radical (unpaired) electrons. The van der Waals surface area contributed by atoms with Crippen LogP contribution in [-0.4, -0.2) is 28.6 Å². The van der Waals surface area contributed by atoms with Crippen LogP contribution >= 0.6 is 0 Å². The molecule has 0 spiro atoms. The lowest BCUT2D eigenvalue weighted by molar-refractivity contribution is -0.139. The summed E-state index contributed by atoms with van der Waals surface area (Å²) in [4.78, 5) is 34.2. The predicted molar refractivity (Wildman–Crippen MR) is 132 cm³/mol. The number of hydrogen-bond acceptors (Lipinski definition) is 4. The Kier molecular flexibility index (Phi) is 5.53. The Hall–Kier alpha value is -4.13. The summed E-state index contributed by atoms with van der Waals surface area (Å²) in [7, 11) is 0. The van der Waals surface area contributed by atoms with Crippen LogP contribution in [0.3, 0.4) is 0 Å². The topological polar surface area (TPSA) is 96.1 Å². The average molecular weight is 455 g/mol. The lowest BCUT2D eigenvalue weighted by Crippen LogP contribution is -2.47. The second-order valence-corrected chi connectivity index (χ2v) is 8.59. The molecule has 3 heterocycles. The van der Waals surface area contributed by atoms with E-state index in [1.807, 2.05) is 68.4 Å². The Balaban J connectivity index is 1.80. The highest BCUT2D eigenvalue weighted by molar-refractivity contribution is 6.11. The van der Waals surface area contributed by atoms with Gasteiger partial charge in [-0.15, -0.1) is 0 Å². The number of ether oxygens (including phenoxy) is 1. The highest BCUT2D eigenvalue weighted by Crippen LogP contribution is 2.37. The van der Waals surface area contributed by atoms with Gasteiger partial charge in [-0.2, -0.15) is 0 Å². The molecule has 4 aromatic rings. The van der Waals surface area contributed by atoms with Gasteiger partial charge in [-0.05, 0) is 25.0 Å². The van der Waals surface area contributed by atoms with Gasteiger partial charge in [0.05, 0.1) is 29.1 Å². The summed E-state index contributed by atoms with van der Waals surface area (Å²) < 4.78 is 5.38. The summed E-state index contributed by atoms with van der Waals surface area (Å²) in [6.07, 6.45) is 0. The van der Waals surface area contributed by atoms with Crippen LogP contribution in [0.5, 0.6) is 0 Å². The number of esters is 1. The van der Waals surface area contributed by atoms with Gasteiger partial charge in [0.1, 0.15) is 6.04 Å². The Morgan fingerprint density at radius 1 is 1.06 bits per heavy atom. The molecule has 172 valence electrons. The molecule has 5 rings (SSSR count). The summed E-state index contributed by atoms with van der Waals surface area (Å²) in [6.45, 7) is 5.87. The second-order valence-electron chi connectivity index (χ2n) is 8.59. The molecule has 7 nitrogen and oxygen atoms in total. The van der Waals surface area contributed by atoms with Crippen molar-refractivity contribution in [1.82, 2.24) is 20.6 Å². The van der Waals surface area contributed by atoms with Crippen LogP contribution in [0.25, 0.3) is 33.1 Å². The number of rotatable bonds is 5. The van der Waals surface area contributed by atoms with Crippen LogP contribution in [-0.2, 0) is 9.53 Å². The van der Waals surface area contributed by atoms with E-state index >= 15 is 0 Å². The average Bonchev–Trinajstić information content (AvgIpc) is 3.22. The van der Waals surface area contributed by atoms with Gasteiger partial charge in [0.15, 0.2) is 0 Å². The van der Waals surface area contributed by atoms with E-state index < -0.39 is 12.0 Å². The highest BCUT2D eigenvalue weighted by atomic mass is 16.5. The molecule has 2 amide bonds. The minimum Gasteiger partial charge on any atom is -0.463 e. The highest BCUT2D eigenvalue weighted by Gasteiger charge is 2.36. The molecule has 2 aromatic carbocycles. The van der Waals surface area contributed by atoms with E-state index in [4.69, 9.17) is 9.72 Å². The van der Waals surface area contributed by atoms with Gasteiger partial charge in [-0.25, -0.2) is 14.6 Å². The number of nitrogens with one attached hydrogen (secondary N) is 3. The summed E-state index contributed by atoms with van der Waals surface area (Å²) in [6, 6.07) is 18.8. The normalized spacial score (nSPS) is 16.1. The number of allylic oxidation sites excluding steroid dienone is 1. The van der Waals surface area contributed by atoms with E-state index in [-0.39, 0.29) is 18.6 Å². The molecule has 34 heavy (non-hydrogen) atoms. The first-order valence-corrected chi connectivity index (χ1v) is 11.4. The first-order chi connectivity index (χ1) is 16.5. The smallest absolute Gasteiger partial charge is 0.338 e. The van der Waals surface area contributed by atoms with Crippen molar-refractivity contribution in [3.8, 4) is 11.3 Å². The molecule has 0 fully saturated rings. The Morgan fingerprint density at radius 3 is 2.53 bits per heavy atom. The lowest BCUT2D eigenvalue weighted by Gasteiger charge is -2.30. The zero-order valence-electron chi connectivity index (χ0n) is 19.3. The van der Waals surface area contributed by atoms with Crippen LogP contribution in [0.2, 0.25) is 0 Å². The third-order valence-corrected chi connectivity index (χ3v) is 6.03.